The molecule has 2 heterocycles. The number of nitrogens with zero attached hydrogens (tertiary/aromatic N) is 3. The van der Waals surface area contributed by atoms with Crippen molar-refractivity contribution in [3.8, 4) is 5.75 Å². The van der Waals surface area contributed by atoms with E-state index < -0.39 is 12.1 Å². The van der Waals surface area contributed by atoms with Crippen LogP contribution in [0.4, 0.5) is 0 Å². The van der Waals surface area contributed by atoms with Gasteiger partial charge in [0.2, 0.25) is 0 Å². The second-order valence-corrected chi connectivity index (χ2v) is 5.02. The van der Waals surface area contributed by atoms with Crippen LogP contribution in [0.1, 0.15) is 11.1 Å². The number of benzene rings is 1. The molecule has 0 aliphatic carbocycles. The molecular formula is C14H10B3N4O2. The van der Waals surface area contributed by atoms with Crippen LogP contribution in [0.3, 0.4) is 0 Å². The molecule has 2 unspecified atom stereocenters. The van der Waals surface area contributed by atoms with Crippen molar-refractivity contribution >= 4 is 57.9 Å². The Kier molecular flexibility index (Phi) is 3.94. The molecule has 9 heteroatoms. The van der Waals surface area contributed by atoms with E-state index in [-0.39, 0.29) is 17.5 Å². The number of hydrogen-bond donors (Lipinski definition) is 2. The van der Waals surface area contributed by atoms with Crippen LogP contribution in [0.5, 0.6) is 5.75 Å². The van der Waals surface area contributed by atoms with Crippen LogP contribution in [0.15, 0.2) is 28.3 Å². The number of hydrogen-bond acceptors (Lipinski definition) is 5. The average molecular weight is 299 g/mol. The summed E-state index contributed by atoms with van der Waals surface area (Å²) >= 11 is 0. The van der Waals surface area contributed by atoms with Gasteiger partial charge in [-0.15, -0.1) is 0 Å². The standard InChI is InChI=1S/C14H10B3N4O2/c15-4-7-1-2-10(22)8(3-7)13-18-11-9(5-16)20-21(6-17)12(11)14(23)19-13/h1-6,11-12,22H,(H,18,19,23). The summed E-state index contributed by atoms with van der Waals surface area (Å²) in [5, 5.41) is 18.1. The summed E-state index contributed by atoms with van der Waals surface area (Å²) in [4.78, 5) is 16.9. The molecule has 23 heavy (non-hydrogen) atoms. The minimum absolute atomic E-state index is 0.0245. The second kappa shape index (κ2) is 5.91. The van der Waals surface area contributed by atoms with E-state index in [2.05, 4.69) is 15.4 Å². The quantitative estimate of drug-likeness (QED) is 0.625. The van der Waals surface area contributed by atoms with Gasteiger partial charge in [-0.25, -0.2) is 0 Å². The molecule has 0 aromatic heterocycles. The Hall–Kier alpha value is -2.57. The predicted octanol–water partition coefficient (Wildman–Crippen LogP) is -2.10. The molecule has 2 N–H and O–H groups in total. The molecule has 2 aliphatic heterocycles. The first-order valence-electron chi connectivity index (χ1n) is 6.83. The van der Waals surface area contributed by atoms with E-state index in [0.717, 1.165) is 0 Å². The number of phenols is 1. The number of phenolic OH excluding ortho intramolecular Hbond substituents is 1. The topological polar surface area (TPSA) is 77.3 Å². The fourth-order valence-electron chi connectivity index (χ4n) is 2.57. The molecular weight excluding hydrogens is 289 g/mol. The number of carbonyl (C=O) groups excluding carboxylic acids is 1. The third-order valence-corrected chi connectivity index (χ3v) is 3.69. The van der Waals surface area contributed by atoms with Crippen molar-refractivity contribution in [2.24, 2.45) is 10.1 Å². The number of aliphatic imine (C=N–C) groups is 1. The third kappa shape index (κ3) is 2.52. The molecule has 107 valence electrons. The van der Waals surface area contributed by atoms with E-state index in [9.17, 15) is 9.90 Å². The molecule has 3 rings (SSSR count). The van der Waals surface area contributed by atoms with Crippen molar-refractivity contribution in [1.29, 1.82) is 0 Å². The Morgan fingerprint density at radius 2 is 2.04 bits per heavy atom. The summed E-state index contributed by atoms with van der Waals surface area (Å²) in [7, 11) is 16.5. The van der Waals surface area contributed by atoms with Crippen LogP contribution >= 0.6 is 0 Å². The van der Waals surface area contributed by atoms with Crippen molar-refractivity contribution in [1.82, 2.24) is 10.3 Å². The number of aromatic hydroxyl groups is 1. The van der Waals surface area contributed by atoms with Gasteiger partial charge >= 0.3 is 135 Å². The Morgan fingerprint density at radius 1 is 1.26 bits per heavy atom. The van der Waals surface area contributed by atoms with E-state index in [1.165, 1.54) is 29.1 Å². The number of fused-ring (bicyclic) bond motifs is 1. The van der Waals surface area contributed by atoms with Crippen molar-refractivity contribution < 1.29 is 9.90 Å². The Labute approximate surface area is 136 Å². The summed E-state index contributed by atoms with van der Waals surface area (Å²) in [6.07, 6.45) is 1.19. The van der Waals surface area contributed by atoms with Crippen LogP contribution in [-0.4, -0.2) is 80.1 Å². The summed E-state index contributed by atoms with van der Waals surface area (Å²) in [6.45, 7) is 0. The summed E-state index contributed by atoms with van der Waals surface area (Å²) in [5.74, 6) is 2.53. The SMILES string of the molecule is [B]=CC1=NN(C=[B])C2C(=O)NC(c3cc(C=[B])ccc3O)=NC12. The number of nitrogens with one attached hydrogen (secondary N) is 1. The van der Waals surface area contributed by atoms with Crippen LogP contribution in [0, 0.1) is 0 Å². The number of amidine groups is 1. The Morgan fingerprint density at radius 3 is 2.70 bits per heavy atom. The van der Waals surface area contributed by atoms with Gasteiger partial charge in [0.05, 0.1) is 0 Å². The van der Waals surface area contributed by atoms with Gasteiger partial charge in [-0.2, -0.15) is 0 Å². The van der Waals surface area contributed by atoms with Gasteiger partial charge in [-0.3, -0.25) is 0 Å². The molecule has 1 amide bonds. The molecule has 3 radical (unpaired) electrons. The van der Waals surface area contributed by atoms with Gasteiger partial charge < -0.3 is 0 Å². The molecule has 1 aromatic carbocycles. The third-order valence-electron chi connectivity index (χ3n) is 3.69. The summed E-state index contributed by atoms with van der Waals surface area (Å²) in [5.41, 5.74) is 1.46. The van der Waals surface area contributed by atoms with E-state index in [1.807, 2.05) is 0 Å². The molecule has 0 bridgehead atoms. The van der Waals surface area contributed by atoms with Crippen molar-refractivity contribution in [3.63, 3.8) is 0 Å². The molecule has 0 saturated carbocycles. The van der Waals surface area contributed by atoms with Crippen LogP contribution in [0.2, 0.25) is 0 Å². The minimum atomic E-state index is -0.704. The van der Waals surface area contributed by atoms with E-state index >= 15 is 0 Å². The maximum absolute atomic E-state index is 12.4. The Bertz CT molecular complexity index is 790. The fourth-order valence-corrected chi connectivity index (χ4v) is 2.57. The van der Waals surface area contributed by atoms with Crippen LogP contribution in [-0.2, 0) is 4.79 Å². The van der Waals surface area contributed by atoms with E-state index in [4.69, 9.17) is 22.5 Å². The normalized spacial score (nSPS) is 22.5. The second-order valence-electron chi connectivity index (χ2n) is 5.02. The summed E-state index contributed by atoms with van der Waals surface area (Å²) in [6, 6.07) is 3.44. The number of amides is 1. The molecule has 2 atom stereocenters. The van der Waals surface area contributed by atoms with Crippen molar-refractivity contribution in [3.05, 3.63) is 29.3 Å². The zero-order valence-electron chi connectivity index (χ0n) is 12.0. The van der Waals surface area contributed by atoms with Gasteiger partial charge in [-0.05, 0) is 0 Å². The van der Waals surface area contributed by atoms with Gasteiger partial charge in [-0.1, -0.05) is 0 Å². The molecule has 0 fully saturated rings. The first-order chi connectivity index (χ1) is 11.1. The summed E-state index contributed by atoms with van der Waals surface area (Å²) < 4.78 is 0. The van der Waals surface area contributed by atoms with Gasteiger partial charge in [0, 0.05) is 0 Å². The van der Waals surface area contributed by atoms with Crippen molar-refractivity contribution in [2.45, 2.75) is 12.1 Å². The molecule has 1 aromatic rings. The van der Waals surface area contributed by atoms with Crippen molar-refractivity contribution in [2.75, 3.05) is 0 Å². The number of rotatable bonds is 4. The van der Waals surface area contributed by atoms with Crippen LogP contribution < -0.4 is 5.32 Å². The average Bonchev–Trinajstić information content (AvgIpc) is 2.93. The molecule has 0 saturated heterocycles. The van der Waals surface area contributed by atoms with Gasteiger partial charge in [0.25, 0.3) is 0 Å². The molecule has 0 spiro atoms. The zero-order chi connectivity index (χ0) is 16.6. The van der Waals surface area contributed by atoms with Gasteiger partial charge in [0.1, 0.15) is 0 Å². The first-order valence-corrected chi connectivity index (χ1v) is 6.83. The molecule has 2 aliphatic rings. The monoisotopic (exact) mass is 299 g/mol. The van der Waals surface area contributed by atoms with E-state index in [0.29, 0.717) is 16.8 Å². The Balaban J connectivity index is 2.08. The van der Waals surface area contributed by atoms with E-state index in [1.54, 1.807) is 12.1 Å². The van der Waals surface area contributed by atoms with Crippen LogP contribution in [0.25, 0.3) is 0 Å². The number of hydrazone groups is 1. The van der Waals surface area contributed by atoms with Gasteiger partial charge in [0.15, 0.2) is 0 Å². The fraction of sp³-hybridized carbons (Fsp3) is 0.143. The zero-order valence-corrected chi connectivity index (χ0v) is 12.0. The molecule has 6 nitrogen and oxygen atoms in total. The maximum atomic E-state index is 12.4. The first kappa shape index (κ1) is 15.3. The predicted molar refractivity (Wildman–Crippen MR) is 94.2 cm³/mol. The number of carbonyl (C=O) groups is 1.